The van der Waals surface area contributed by atoms with Crippen LogP contribution in [0.1, 0.15) is 10.4 Å². The molecule has 0 radical (unpaired) electrons. The number of amides is 1. The number of nitrogens with one attached hydrogen (secondary N) is 3. The highest BCUT2D eigenvalue weighted by Crippen LogP contribution is 2.29. The summed E-state index contributed by atoms with van der Waals surface area (Å²) in [6.45, 7) is 0. The van der Waals surface area contributed by atoms with E-state index in [-0.39, 0.29) is 5.11 Å². The lowest BCUT2D eigenvalue weighted by Crippen LogP contribution is -2.56. The Morgan fingerprint density at radius 2 is 1.72 bits per heavy atom. The van der Waals surface area contributed by atoms with Crippen molar-refractivity contribution in [1.82, 2.24) is 10.6 Å². The lowest BCUT2D eigenvalue weighted by Gasteiger charge is -2.27. The van der Waals surface area contributed by atoms with Crippen molar-refractivity contribution in [2.24, 2.45) is 0 Å². The number of hydrogen-bond acceptors (Lipinski definition) is 2. The molecule has 9 heteroatoms. The average molecular weight is 482 g/mol. The van der Waals surface area contributed by atoms with Crippen LogP contribution in [0, 0.1) is 0 Å². The molecule has 2 rings (SSSR count). The van der Waals surface area contributed by atoms with Crippen molar-refractivity contribution in [3.63, 3.8) is 0 Å². The smallest absolute Gasteiger partial charge is 0.252 e. The lowest BCUT2D eigenvalue weighted by atomic mass is 10.2. The third kappa shape index (κ3) is 6.64. The van der Waals surface area contributed by atoms with Gasteiger partial charge in [0.15, 0.2) is 5.11 Å². The SMILES string of the molecule is O=C(N[C@@H](NC(=S)Nc1cccc(Br)c1)C(Cl)(Cl)Cl)c1ccccc1. The van der Waals surface area contributed by atoms with Crippen LogP contribution >= 0.6 is 63.0 Å². The summed E-state index contributed by atoms with van der Waals surface area (Å²) in [5.41, 5.74) is 1.18. The minimum absolute atomic E-state index is 0.197. The van der Waals surface area contributed by atoms with E-state index in [1.807, 2.05) is 24.3 Å². The van der Waals surface area contributed by atoms with Crippen LogP contribution in [0.3, 0.4) is 0 Å². The van der Waals surface area contributed by atoms with E-state index < -0.39 is 15.9 Å². The monoisotopic (exact) mass is 479 g/mol. The highest BCUT2D eigenvalue weighted by Gasteiger charge is 2.34. The molecular weight excluding hydrogens is 469 g/mol. The van der Waals surface area contributed by atoms with Crippen molar-refractivity contribution in [2.75, 3.05) is 5.32 Å². The Balaban J connectivity index is 2.05. The fourth-order valence-corrected chi connectivity index (χ4v) is 2.83. The van der Waals surface area contributed by atoms with Crippen LogP contribution in [0.4, 0.5) is 5.69 Å². The van der Waals surface area contributed by atoms with Crippen molar-refractivity contribution in [1.29, 1.82) is 0 Å². The van der Waals surface area contributed by atoms with Crippen LogP contribution in [0.2, 0.25) is 0 Å². The molecule has 0 saturated heterocycles. The van der Waals surface area contributed by atoms with Crippen molar-refractivity contribution < 1.29 is 4.79 Å². The summed E-state index contributed by atoms with van der Waals surface area (Å²) >= 11 is 26.5. The molecule has 0 heterocycles. The molecule has 0 aliphatic heterocycles. The van der Waals surface area contributed by atoms with Crippen molar-refractivity contribution >= 4 is 79.7 Å². The van der Waals surface area contributed by atoms with Crippen molar-refractivity contribution in [2.45, 2.75) is 9.96 Å². The van der Waals surface area contributed by atoms with E-state index in [2.05, 4.69) is 31.9 Å². The Bertz CT molecular complexity index is 756. The van der Waals surface area contributed by atoms with Gasteiger partial charge in [-0.3, -0.25) is 4.79 Å². The molecular formula is C16H13BrCl3N3OS. The molecule has 0 fully saturated rings. The maximum atomic E-state index is 12.3. The second-order valence-corrected chi connectivity index (χ2v) is 8.62. The highest BCUT2D eigenvalue weighted by atomic mass is 79.9. The fraction of sp³-hybridized carbons (Fsp3) is 0.125. The Hall–Kier alpha value is -1.05. The Morgan fingerprint density at radius 1 is 1.04 bits per heavy atom. The van der Waals surface area contributed by atoms with E-state index in [1.54, 1.807) is 30.3 Å². The van der Waals surface area contributed by atoms with Crippen LogP contribution < -0.4 is 16.0 Å². The van der Waals surface area contributed by atoms with E-state index in [0.29, 0.717) is 5.56 Å². The largest absolute Gasteiger partial charge is 0.339 e. The Kier molecular flexibility index (Phi) is 7.34. The van der Waals surface area contributed by atoms with Crippen LogP contribution in [-0.2, 0) is 0 Å². The molecule has 25 heavy (non-hydrogen) atoms. The quantitative estimate of drug-likeness (QED) is 0.332. The van der Waals surface area contributed by atoms with Gasteiger partial charge in [-0.15, -0.1) is 0 Å². The van der Waals surface area contributed by atoms with E-state index in [9.17, 15) is 4.79 Å². The van der Waals surface area contributed by atoms with Crippen molar-refractivity contribution in [3.8, 4) is 0 Å². The third-order valence-corrected chi connectivity index (χ3v) is 4.36. The van der Waals surface area contributed by atoms with Gasteiger partial charge in [0.1, 0.15) is 6.17 Å². The topological polar surface area (TPSA) is 53.2 Å². The molecule has 2 aromatic rings. The number of carbonyl (C=O) groups excluding carboxylic acids is 1. The number of rotatable bonds is 4. The second kappa shape index (κ2) is 9.05. The number of anilines is 1. The molecule has 1 atom stereocenters. The fourth-order valence-electron chi connectivity index (χ4n) is 1.87. The molecule has 1 amide bonds. The number of thiocarbonyl (C=S) groups is 1. The first-order valence-electron chi connectivity index (χ1n) is 7.01. The van der Waals surface area contributed by atoms with E-state index in [1.165, 1.54) is 0 Å². The first kappa shape index (κ1) is 20.3. The molecule has 0 unspecified atom stereocenters. The Labute approximate surface area is 174 Å². The first-order chi connectivity index (χ1) is 11.8. The lowest BCUT2D eigenvalue weighted by molar-refractivity contribution is 0.0934. The summed E-state index contributed by atoms with van der Waals surface area (Å²) in [5.74, 6) is -0.394. The normalized spacial score (nSPS) is 12.2. The summed E-state index contributed by atoms with van der Waals surface area (Å²) in [4.78, 5) is 12.3. The van der Waals surface area contributed by atoms with E-state index in [4.69, 9.17) is 47.0 Å². The zero-order chi connectivity index (χ0) is 18.4. The molecule has 0 bridgehead atoms. The number of carbonyl (C=O) groups is 1. The van der Waals surface area contributed by atoms with Crippen LogP contribution in [0.25, 0.3) is 0 Å². The molecule has 3 N–H and O–H groups in total. The van der Waals surface area contributed by atoms with Crippen LogP contribution in [0.5, 0.6) is 0 Å². The Morgan fingerprint density at radius 3 is 2.32 bits per heavy atom. The van der Waals surface area contributed by atoms with Gasteiger partial charge in [0.2, 0.25) is 3.79 Å². The highest BCUT2D eigenvalue weighted by molar-refractivity contribution is 9.10. The van der Waals surface area contributed by atoms with Gasteiger partial charge in [-0.2, -0.15) is 0 Å². The van der Waals surface area contributed by atoms with Gasteiger partial charge in [0.05, 0.1) is 0 Å². The predicted molar refractivity (Wildman–Crippen MR) is 111 cm³/mol. The summed E-state index contributed by atoms with van der Waals surface area (Å²) in [7, 11) is 0. The van der Waals surface area contributed by atoms with Gasteiger partial charge in [0.25, 0.3) is 5.91 Å². The molecule has 0 aliphatic rings. The minimum atomic E-state index is -1.81. The van der Waals surface area contributed by atoms with Crippen molar-refractivity contribution in [3.05, 3.63) is 64.6 Å². The standard InChI is InChI=1S/C16H13BrCl3N3OS/c17-11-7-4-8-12(9-11)21-15(25)23-14(16(18,19)20)22-13(24)10-5-2-1-3-6-10/h1-9,14H,(H,22,24)(H2,21,23,25)/t14-/m0/s1. The molecule has 0 aliphatic carbocycles. The zero-order valence-electron chi connectivity index (χ0n) is 12.6. The molecule has 0 spiro atoms. The summed E-state index contributed by atoms with van der Waals surface area (Å²) in [6, 6.07) is 16.0. The minimum Gasteiger partial charge on any atom is -0.339 e. The van der Waals surface area contributed by atoms with Gasteiger partial charge in [0, 0.05) is 15.7 Å². The molecule has 132 valence electrons. The van der Waals surface area contributed by atoms with Crippen LogP contribution in [-0.4, -0.2) is 21.0 Å². The second-order valence-electron chi connectivity index (χ2n) is 4.92. The maximum Gasteiger partial charge on any atom is 0.252 e. The number of hydrogen-bond donors (Lipinski definition) is 3. The van der Waals surface area contributed by atoms with Gasteiger partial charge in [-0.1, -0.05) is 75.0 Å². The number of benzene rings is 2. The number of halogens is 4. The molecule has 4 nitrogen and oxygen atoms in total. The van der Waals surface area contributed by atoms with Gasteiger partial charge >= 0.3 is 0 Å². The number of alkyl halides is 3. The average Bonchev–Trinajstić information content (AvgIpc) is 2.54. The van der Waals surface area contributed by atoms with Gasteiger partial charge < -0.3 is 16.0 Å². The predicted octanol–water partition coefficient (Wildman–Crippen LogP) is 4.86. The van der Waals surface area contributed by atoms with E-state index >= 15 is 0 Å². The summed E-state index contributed by atoms with van der Waals surface area (Å²) in [6.07, 6.45) is -1.03. The van der Waals surface area contributed by atoms with Gasteiger partial charge in [-0.05, 0) is 42.5 Å². The summed E-state index contributed by atoms with van der Waals surface area (Å²) in [5, 5.41) is 8.58. The van der Waals surface area contributed by atoms with E-state index in [0.717, 1.165) is 10.2 Å². The molecule has 2 aromatic carbocycles. The molecule has 0 aromatic heterocycles. The third-order valence-electron chi connectivity index (χ3n) is 3.00. The molecule has 0 saturated carbocycles. The zero-order valence-corrected chi connectivity index (χ0v) is 17.3. The maximum absolute atomic E-state index is 12.3. The summed E-state index contributed by atoms with van der Waals surface area (Å²) < 4.78 is -0.927. The first-order valence-corrected chi connectivity index (χ1v) is 9.35. The van der Waals surface area contributed by atoms with Gasteiger partial charge in [-0.25, -0.2) is 0 Å². The van der Waals surface area contributed by atoms with Crippen LogP contribution in [0.15, 0.2) is 59.1 Å².